The van der Waals surface area contributed by atoms with E-state index in [1.54, 1.807) is 0 Å². The molecule has 2 heterocycles. The lowest BCUT2D eigenvalue weighted by Crippen LogP contribution is -2.69. The molecule has 0 spiro atoms. The van der Waals surface area contributed by atoms with Crippen molar-refractivity contribution in [2.45, 2.75) is 68.9 Å². The fourth-order valence-electron chi connectivity index (χ4n) is 10.6. The van der Waals surface area contributed by atoms with Gasteiger partial charge in [0, 0.05) is 29.6 Å². The molecule has 4 heteroatoms. The Bertz CT molecular complexity index is 1420. The van der Waals surface area contributed by atoms with Gasteiger partial charge in [-0.25, -0.2) is 0 Å². The van der Waals surface area contributed by atoms with Gasteiger partial charge in [0.25, 0.3) is 5.91 Å². The van der Waals surface area contributed by atoms with Gasteiger partial charge in [-0.1, -0.05) is 54.6 Å². The number of phenolic OH excluding ortho intramolecular Hbond substituents is 1. The standard InChI is InChI=1S/C36H40N2O2/c39-29-15-14-27-21-32-35-17-16-31-33(28(23-35)24-38(31)34(40)26-12-5-2-6-13-26)36(35,30(27)22-29)18-20-37(32)19-8-7-11-25-9-3-1-4-10-25/h1-6,9-10,12-15,22,28,31-33,39H,7-8,11,16-21,23-24H2/t28-,31?,32?,33?,35?,36?/m1/s1. The Hall–Kier alpha value is -3.11. The molecule has 2 aliphatic heterocycles. The number of carbonyl (C=O) groups is 1. The summed E-state index contributed by atoms with van der Waals surface area (Å²) in [5.41, 5.74) is 5.48. The molecule has 0 aromatic heterocycles. The van der Waals surface area contributed by atoms with Gasteiger partial charge < -0.3 is 10.0 Å². The Morgan fingerprint density at radius 1 is 0.950 bits per heavy atom. The molecule has 4 nitrogen and oxygen atoms in total. The minimum absolute atomic E-state index is 0.0732. The lowest BCUT2D eigenvalue weighted by Gasteiger charge is -2.66. The molecule has 1 N–H and O–H groups in total. The van der Waals surface area contributed by atoms with Crippen LogP contribution in [0.1, 0.15) is 65.6 Å². The van der Waals surface area contributed by atoms with Crippen molar-refractivity contribution >= 4 is 5.91 Å². The van der Waals surface area contributed by atoms with Gasteiger partial charge in [0.15, 0.2) is 0 Å². The number of benzene rings is 3. The van der Waals surface area contributed by atoms with Crippen LogP contribution in [0, 0.1) is 17.3 Å². The highest BCUT2D eigenvalue weighted by molar-refractivity contribution is 5.94. The van der Waals surface area contributed by atoms with E-state index in [4.69, 9.17) is 0 Å². The number of unbranched alkanes of at least 4 members (excludes halogenated alkanes) is 1. The lowest BCUT2D eigenvalue weighted by atomic mass is 9.43. The minimum atomic E-state index is 0.0732. The van der Waals surface area contributed by atoms with E-state index in [1.807, 2.05) is 36.4 Å². The first-order valence-electron chi connectivity index (χ1n) is 15.6. The highest BCUT2D eigenvalue weighted by atomic mass is 16.3. The van der Waals surface area contributed by atoms with Crippen LogP contribution in [-0.4, -0.2) is 52.5 Å². The van der Waals surface area contributed by atoms with E-state index >= 15 is 0 Å². The van der Waals surface area contributed by atoms with E-state index in [0.717, 1.165) is 44.3 Å². The van der Waals surface area contributed by atoms with Crippen LogP contribution in [0.4, 0.5) is 0 Å². The van der Waals surface area contributed by atoms with Gasteiger partial charge in [0.1, 0.15) is 5.75 Å². The topological polar surface area (TPSA) is 43.8 Å². The summed E-state index contributed by atoms with van der Waals surface area (Å²) in [7, 11) is 0. The van der Waals surface area contributed by atoms with Gasteiger partial charge in [0.2, 0.25) is 0 Å². The second-order valence-corrected chi connectivity index (χ2v) is 13.3. The molecule has 40 heavy (non-hydrogen) atoms. The number of piperidine rings is 1. The van der Waals surface area contributed by atoms with E-state index in [1.165, 1.54) is 48.9 Å². The van der Waals surface area contributed by atoms with Crippen LogP contribution in [0.5, 0.6) is 5.75 Å². The summed E-state index contributed by atoms with van der Waals surface area (Å²) in [4.78, 5) is 18.9. The van der Waals surface area contributed by atoms with Crippen LogP contribution in [0.3, 0.4) is 0 Å². The summed E-state index contributed by atoms with van der Waals surface area (Å²) in [5, 5.41) is 10.7. The summed E-state index contributed by atoms with van der Waals surface area (Å²) in [6.07, 6.45) is 9.44. The predicted octanol–water partition coefficient (Wildman–Crippen LogP) is 6.22. The van der Waals surface area contributed by atoms with Crippen molar-refractivity contribution in [3.63, 3.8) is 0 Å². The minimum Gasteiger partial charge on any atom is -0.508 e. The third-order valence-electron chi connectivity index (χ3n) is 11.9. The number of aromatic hydroxyl groups is 1. The van der Waals surface area contributed by atoms with E-state index in [0.29, 0.717) is 29.7 Å². The van der Waals surface area contributed by atoms with Gasteiger partial charge in [-0.05, 0) is 123 Å². The molecule has 5 unspecified atom stereocenters. The monoisotopic (exact) mass is 532 g/mol. The molecule has 4 bridgehead atoms. The van der Waals surface area contributed by atoms with Gasteiger partial charge in [-0.15, -0.1) is 0 Å². The van der Waals surface area contributed by atoms with Crippen LogP contribution in [0.2, 0.25) is 0 Å². The number of phenols is 1. The van der Waals surface area contributed by atoms with Gasteiger partial charge in [0.05, 0.1) is 0 Å². The van der Waals surface area contributed by atoms with E-state index in [9.17, 15) is 9.90 Å². The maximum Gasteiger partial charge on any atom is 0.254 e. The Labute approximate surface area is 238 Å². The first kappa shape index (κ1) is 24.7. The zero-order valence-corrected chi connectivity index (χ0v) is 23.3. The summed E-state index contributed by atoms with van der Waals surface area (Å²) in [5.74, 6) is 1.66. The molecule has 0 radical (unpaired) electrons. The number of amides is 1. The molecule has 3 aromatic rings. The molecule has 5 aliphatic rings. The number of likely N-dealkylation sites (tertiary alicyclic amines) is 2. The molecule has 1 amide bonds. The molecular weight excluding hydrogens is 492 g/mol. The molecule has 3 aliphatic carbocycles. The Morgan fingerprint density at radius 2 is 1.75 bits per heavy atom. The molecule has 2 saturated heterocycles. The first-order valence-corrected chi connectivity index (χ1v) is 15.6. The van der Waals surface area contributed by atoms with Crippen molar-refractivity contribution in [2.75, 3.05) is 19.6 Å². The molecule has 2 saturated carbocycles. The van der Waals surface area contributed by atoms with Crippen molar-refractivity contribution in [3.05, 3.63) is 101 Å². The van der Waals surface area contributed by atoms with Crippen LogP contribution in [0.15, 0.2) is 78.9 Å². The quantitative estimate of drug-likeness (QED) is 0.383. The Balaban J connectivity index is 1.11. The Morgan fingerprint density at radius 3 is 2.58 bits per heavy atom. The largest absolute Gasteiger partial charge is 0.508 e. The lowest BCUT2D eigenvalue weighted by molar-refractivity contribution is -0.101. The average Bonchev–Trinajstić information content (AvgIpc) is 3.44. The van der Waals surface area contributed by atoms with Crippen LogP contribution in [-0.2, 0) is 18.3 Å². The maximum atomic E-state index is 13.8. The number of aryl methyl sites for hydroxylation is 1. The second kappa shape index (κ2) is 9.21. The molecule has 3 aromatic carbocycles. The molecule has 8 rings (SSSR count). The summed E-state index contributed by atoms with van der Waals surface area (Å²) >= 11 is 0. The van der Waals surface area contributed by atoms with Crippen molar-refractivity contribution in [3.8, 4) is 5.75 Å². The fourth-order valence-corrected chi connectivity index (χ4v) is 10.6. The summed E-state index contributed by atoms with van der Waals surface area (Å²) in [6, 6.07) is 27.9. The smallest absolute Gasteiger partial charge is 0.254 e. The van der Waals surface area contributed by atoms with Crippen molar-refractivity contribution < 1.29 is 9.90 Å². The zero-order valence-electron chi connectivity index (χ0n) is 23.3. The fraction of sp³-hybridized carbons (Fsp3) is 0.472. The van der Waals surface area contributed by atoms with Crippen molar-refractivity contribution in [2.24, 2.45) is 17.3 Å². The number of hydrogen-bond donors (Lipinski definition) is 1. The molecule has 6 atom stereocenters. The third-order valence-corrected chi connectivity index (χ3v) is 11.9. The molecule has 206 valence electrons. The first-order chi connectivity index (χ1) is 19.6. The van der Waals surface area contributed by atoms with Gasteiger partial charge in [-0.2, -0.15) is 0 Å². The summed E-state index contributed by atoms with van der Waals surface area (Å²) < 4.78 is 0. The van der Waals surface area contributed by atoms with Gasteiger partial charge >= 0.3 is 0 Å². The van der Waals surface area contributed by atoms with Crippen LogP contribution < -0.4 is 0 Å². The third kappa shape index (κ3) is 3.38. The second-order valence-electron chi connectivity index (χ2n) is 13.3. The number of fused-ring (bicyclic) bond motifs is 1. The maximum absolute atomic E-state index is 13.8. The van der Waals surface area contributed by atoms with Crippen molar-refractivity contribution in [1.82, 2.24) is 9.80 Å². The van der Waals surface area contributed by atoms with E-state index in [2.05, 4.69) is 52.3 Å². The molecular formula is C36H40N2O2. The van der Waals surface area contributed by atoms with Gasteiger partial charge in [-0.3, -0.25) is 9.69 Å². The number of rotatable bonds is 6. The Kier molecular flexibility index (Phi) is 5.68. The SMILES string of the molecule is O=C(c1ccccc1)N1C[C@H]2CC34CCC1C2C31CCN(CCCCc2ccccc2)C4Cc2ccc(O)cc21. The van der Waals surface area contributed by atoms with E-state index < -0.39 is 0 Å². The van der Waals surface area contributed by atoms with Crippen LogP contribution >= 0.6 is 0 Å². The highest BCUT2D eigenvalue weighted by Gasteiger charge is 2.76. The van der Waals surface area contributed by atoms with Crippen molar-refractivity contribution in [1.29, 1.82) is 0 Å². The number of nitrogens with zero attached hydrogens (tertiary/aromatic N) is 2. The molecule has 4 fully saturated rings. The van der Waals surface area contributed by atoms with Crippen LogP contribution in [0.25, 0.3) is 0 Å². The number of hydrogen-bond acceptors (Lipinski definition) is 3. The number of carbonyl (C=O) groups excluding carboxylic acids is 1. The predicted molar refractivity (Wildman–Crippen MR) is 157 cm³/mol. The normalized spacial score (nSPS) is 33.5. The average molecular weight is 533 g/mol. The van der Waals surface area contributed by atoms with E-state index in [-0.39, 0.29) is 16.7 Å². The zero-order chi connectivity index (χ0) is 26.9. The highest BCUT2D eigenvalue weighted by Crippen LogP contribution is 2.75. The summed E-state index contributed by atoms with van der Waals surface area (Å²) in [6.45, 7) is 3.21.